The van der Waals surface area contributed by atoms with Crippen molar-refractivity contribution in [1.82, 2.24) is 4.98 Å². The molecule has 1 aliphatic heterocycles. The van der Waals surface area contributed by atoms with Crippen LogP contribution in [0.4, 0.5) is 0 Å². The van der Waals surface area contributed by atoms with Crippen LogP contribution in [0.1, 0.15) is 35.3 Å². The smallest absolute Gasteiger partial charge is 0.335 e. The zero-order chi connectivity index (χ0) is 19.1. The summed E-state index contributed by atoms with van der Waals surface area (Å²) in [7, 11) is 0. The van der Waals surface area contributed by atoms with Crippen molar-refractivity contribution in [3.63, 3.8) is 0 Å². The Labute approximate surface area is 161 Å². The minimum Gasteiger partial charge on any atom is -0.487 e. The molecule has 0 aliphatic carbocycles. The Kier molecular flexibility index (Phi) is 6.62. The second kappa shape index (κ2) is 9.34. The van der Waals surface area contributed by atoms with Gasteiger partial charge in [-0.05, 0) is 43.2 Å². The Hall–Kier alpha value is -2.64. The minimum absolute atomic E-state index is 0.0309. The first-order chi connectivity index (χ1) is 13.1. The molecule has 1 fully saturated rings. The molecular formula is C19H19ClN2O5. The zero-order valence-electron chi connectivity index (χ0n) is 14.5. The van der Waals surface area contributed by atoms with Crippen LogP contribution in [-0.4, -0.2) is 41.3 Å². The van der Waals surface area contributed by atoms with Crippen LogP contribution in [0.2, 0.25) is 5.02 Å². The van der Waals surface area contributed by atoms with Crippen molar-refractivity contribution >= 4 is 23.3 Å². The first-order valence-corrected chi connectivity index (χ1v) is 8.92. The Morgan fingerprint density at radius 3 is 2.96 bits per heavy atom. The first kappa shape index (κ1) is 19.1. The van der Waals surface area contributed by atoms with E-state index in [-0.39, 0.29) is 12.2 Å². The third-order valence-electron chi connectivity index (χ3n) is 3.89. The van der Waals surface area contributed by atoms with Crippen molar-refractivity contribution in [2.24, 2.45) is 5.16 Å². The average Bonchev–Trinajstić information content (AvgIpc) is 2.69. The lowest BCUT2D eigenvalue weighted by Gasteiger charge is -2.20. The van der Waals surface area contributed by atoms with Crippen molar-refractivity contribution in [3.8, 4) is 5.75 Å². The third kappa shape index (κ3) is 5.67. The second-order valence-corrected chi connectivity index (χ2v) is 6.36. The van der Waals surface area contributed by atoms with Gasteiger partial charge in [-0.3, -0.25) is 4.98 Å². The molecule has 1 atom stereocenters. The van der Waals surface area contributed by atoms with Gasteiger partial charge < -0.3 is 19.4 Å². The Morgan fingerprint density at radius 1 is 1.33 bits per heavy atom. The van der Waals surface area contributed by atoms with E-state index in [2.05, 4.69) is 10.1 Å². The summed E-state index contributed by atoms with van der Waals surface area (Å²) in [6.07, 6.45) is 3.72. The number of carboxylic acid groups (broad SMARTS) is 1. The molecule has 1 aliphatic rings. The van der Waals surface area contributed by atoms with Gasteiger partial charge in [-0.1, -0.05) is 22.8 Å². The van der Waals surface area contributed by atoms with Crippen LogP contribution in [0.5, 0.6) is 5.75 Å². The fourth-order valence-corrected chi connectivity index (χ4v) is 2.67. The van der Waals surface area contributed by atoms with Crippen molar-refractivity contribution in [2.45, 2.75) is 25.6 Å². The van der Waals surface area contributed by atoms with E-state index in [4.69, 9.17) is 25.9 Å². The second-order valence-electron chi connectivity index (χ2n) is 5.92. The Bertz CT molecular complexity index is 821. The lowest BCUT2D eigenvalue weighted by molar-refractivity contribution is -0.162. The molecule has 142 valence electrons. The molecule has 0 bridgehead atoms. The standard InChI is InChI=1S/C19H19ClN2O5/c20-14-4-3-5-15(11-14)26-12-17(22-27-18-6-1-2-9-25-18)16-10-13(19(23)24)7-8-21-16/h3-5,7-8,10-11,18H,1-2,6,9,12H2,(H,23,24)/b22-17+. The highest BCUT2D eigenvalue weighted by Gasteiger charge is 2.17. The molecule has 3 rings (SSSR count). The summed E-state index contributed by atoms with van der Waals surface area (Å²) in [6, 6.07) is 9.77. The molecule has 1 aromatic heterocycles. The van der Waals surface area contributed by atoms with Gasteiger partial charge in [0, 0.05) is 17.6 Å². The van der Waals surface area contributed by atoms with Gasteiger partial charge in [-0.15, -0.1) is 0 Å². The van der Waals surface area contributed by atoms with E-state index < -0.39 is 12.3 Å². The predicted molar refractivity (Wildman–Crippen MR) is 99.4 cm³/mol. The van der Waals surface area contributed by atoms with Crippen LogP contribution in [0, 0.1) is 0 Å². The molecule has 0 spiro atoms. The van der Waals surface area contributed by atoms with E-state index in [1.165, 1.54) is 18.3 Å². The van der Waals surface area contributed by atoms with Gasteiger partial charge in [0.25, 0.3) is 0 Å². The maximum Gasteiger partial charge on any atom is 0.335 e. The van der Waals surface area contributed by atoms with E-state index in [1.54, 1.807) is 24.3 Å². The highest BCUT2D eigenvalue weighted by molar-refractivity contribution is 6.30. The molecule has 2 aromatic rings. The number of halogens is 1. The normalized spacial score (nSPS) is 17.4. The number of aromatic nitrogens is 1. The van der Waals surface area contributed by atoms with E-state index >= 15 is 0 Å². The van der Waals surface area contributed by atoms with E-state index in [1.807, 2.05) is 0 Å². The molecule has 8 heteroatoms. The van der Waals surface area contributed by atoms with Crippen molar-refractivity contribution in [1.29, 1.82) is 0 Å². The van der Waals surface area contributed by atoms with Crippen LogP contribution in [0.3, 0.4) is 0 Å². The van der Waals surface area contributed by atoms with Crippen molar-refractivity contribution < 1.29 is 24.2 Å². The molecular weight excluding hydrogens is 372 g/mol. The highest BCUT2D eigenvalue weighted by atomic mass is 35.5. The topological polar surface area (TPSA) is 90.2 Å². The molecule has 7 nitrogen and oxygen atoms in total. The molecule has 1 N–H and O–H groups in total. The highest BCUT2D eigenvalue weighted by Crippen LogP contribution is 2.18. The molecule has 0 amide bonds. The summed E-state index contributed by atoms with van der Waals surface area (Å²) in [6.45, 7) is 0.657. The van der Waals surface area contributed by atoms with E-state index in [0.717, 1.165) is 19.3 Å². The predicted octanol–water partition coefficient (Wildman–Crippen LogP) is 3.76. The molecule has 0 saturated carbocycles. The SMILES string of the molecule is O=C(O)c1ccnc(/C(COc2cccc(Cl)c2)=N/OC2CCCCO2)c1. The minimum atomic E-state index is -1.05. The maximum atomic E-state index is 11.2. The number of rotatable bonds is 7. The number of aromatic carboxylic acids is 1. The monoisotopic (exact) mass is 390 g/mol. The summed E-state index contributed by atoms with van der Waals surface area (Å²) in [4.78, 5) is 20.9. The largest absolute Gasteiger partial charge is 0.487 e. The summed E-state index contributed by atoms with van der Waals surface area (Å²) in [5.41, 5.74) is 0.810. The Balaban J connectivity index is 1.79. The van der Waals surface area contributed by atoms with Gasteiger partial charge in [0.15, 0.2) is 0 Å². The number of pyridine rings is 1. The summed E-state index contributed by atoms with van der Waals surface area (Å²) in [5.74, 6) is -0.496. The summed E-state index contributed by atoms with van der Waals surface area (Å²) >= 11 is 5.97. The number of carbonyl (C=O) groups is 1. The molecule has 2 heterocycles. The number of oxime groups is 1. The van der Waals surface area contributed by atoms with Gasteiger partial charge in [-0.2, -0.15) is 0 Å². The molecule has 1 aromatic carbocycles. The van der Waals surface area contributed by atoms with Gasteiger partial charge >= 0.3 is 5.97 Å². The molecule has 1 unspecified atom stereocenters. The van der Waals surface area contributed by atoms with Crippen LogP contribution >= 0.6 is 11.6 Å². The van der Waals surface area contributed by atoms with Gasteiger partial charge in [0.05, 0.1) is 17.9 Å². The summed E-state index contributed by atoms with van der Waals surface area (Å²) in [5, 5.41) is 13.9. The van der Waals surface area contributed by atoms with Crippen LogP contribution in [0.25, 0.3) is 0 Å². The molecule has 0 radical (unpaired) electrons. The maximum absolute atomic E-state index is 11.2. The number of hydrogen-bond acceptors (Lipinski definition) is 6. The van der Waals surface area contributed by atoms with Crippen molar-refractivity contribution in [3.05, 3.63) is 58.9 Å². The molecule has 27 heavy (non-hydrogen) atoms. The lowest BCUT2D eigenvalue weighted by Crippen LogP contribution is -2.22. The average molecular weight is 391 g/mol. The van der Waals surface area contributed by atoms with Crippen LogP contribution in [0.15, 0.2) is 47.8 Å². The third-order valence-corrected chi connectivity index (χ3v) is 4.13. The number of hydrogen-bond donors (Lipinski definition) is 1. The quantitative estimate of drug-likeness (QED) is 0.571. The number of nitrogens with zero attached hydrogens (tertiary/aromatic N) is 2. The van der Waals surface area contributed by atoms with Crippen LogP contribution < -0.4 is 4.74 Å². The number of benzene rings is 1. The van der Waals surface area contributed by atoms with Gasteiger partial charge in [0.1, 0.15) is 18.1 Å². The van der Waals surface area contributed by atoms with Crippen molar-refractivity contribution in [2.75, 3.05) is 13.2 Å². The molecule has 1 saturated heterocycles. The number of ether oxygens (including phenoxy) is 2. The zero-order valence-corrected chi connectivity index (χ0v) is 15.3. The van der Waals surface area contributed by atoms with Gasteiger partial charge in [-0.25, -0.2) is 4.79 Å². The lowest BCUT2D eigenvalue weighted by atomic mass is 10.2. The fraction of sp³-hybridized carbons (Fsp3) is 0.316. The van der Waals surface area contributed by atoms with Gasteiger partial charge in [0.2, 0.25) is 6.29 Å². The number of carboxylic acids is 1. The summed E-state index contributed by atoms with van der Waals surface area (Å²) < 4.78 is 11.2. The Morgan fingerprint density at radius 2 is 2.22 bits per heavy atom. The van der Waals surface area contributed by atoms with E-state index in [9.17, 15) is 9.90 Å². The van der Waals surface area contributed by atoms with Crippen LogP contribution in [-0.2, 0) is 9.57 Å². The van der Waals surface area contributed by atoms with E-state index in [0.29, 0.717) is 28.8 Å². The first-order valence-electron chi connectivity index (χ1n) is 8.54. The fourth-order valence-electron chi connectivity index (χ4n) is 2.49.